The smallest absolute Gasteiger partial charge is 0.235 e. The van der Waals surface area contributed by atoms with E-state index in [1.165, 1.54) is 22.2 Å². The van der Waals surface area contributed by atoms with Crippen molar-refractivity contribution in [3.05, 3.63) is 45.8 Å². The van der Waals surface area contributed by atoms with E-state index in [9.17, 15) is 10.1 Å². The third-order valence-electron chi connectivity index (χ3n) is 6.53. The molecule has 2 heterocycles. The summed E-state index contributed by atoms with van der Waals surface area (Å²) in [5.74, 6) is 1.48. The molecule has 6 nitrogen and oxygen atoms in total. The molecule has 8 heteroatoms. The van der Waals surface area contributed by atoms with Crippen LogP contribution in [0.1, 0.15) is 55.7 Å². The number of amides is 1. The Morgan fingerprint density at radius 1 is 1.29 bits per heavy atom. The van der Waals surface area contributed by atoms with Crippen molar-refractivity contribution in [1.29, 1.82) is 5.26 Å². The molecule has 0 bridgehead atoms. The van der Waals surface area contributed by atoms with Crippen molar-refractivity contribution in [3.8, 4) is 17.5 Å². The van der Waals surface area contributed by atoms with Crippen molar-refractivity contribution in [2.24, 2.45) is 11.3 Å². The minimum absolute atomic E-state index is 0.130. The monoisotopic (exact) mass is 493 g/mol. The third kappa shape index (κ3) is 5.06. The lowest BCUT2D eigenvalue weighted by Gasteiger charge is -2.33. The number of aryl methyl sites for hydroxylation is 1. The summed E-state index contributed by atoms with van der Waals surface area (Å²) in [6.07, 6.45) is 2.97. The quantitative estimate of drug-likeness (QED) is 0.420. The Balaban J connectivity index is 1.45. The lowest BCUT2D eigenvalue weighted by atomic mass is 9.72. The number of aromatic nitrogens is 3. The van der Waals surface area contributed by atoms with E-state index in [1.807, 2.05) is 23.6 Å². The maximum atomic E-state index is 12.8. The zero-order valence-electron chi connectivity index (χ0n) is 20.4. The van der Waals surface area contributed by atoms with Crippen LogP contribution in [0.4, 0.5) is 5.00 Å². The van der Waals surface area contributed by atoms with E-state index in [0.29, 0.717) is 28.2 Å². The number of carbonyl (C=O) groups is 1. The van der Waals surface area contributed by atoms with E-state index in [-0.39, 0.29) is 17.1 Å². The summed E-state index contributed by atoms with van der Waals surface area (Å²) in [6, 6.07) is 10.5. The first-order valence-electron chi connectivity index (χ1n) is 11.7. The van der Waals surface area contributed by atoms with Crippen molar-refractivity contribution < 1.29 is 4.79 Å². The van der Waals surface area contributed by atoms with Crippen LogP contribution in [-0.2, 0) is 24.2 Å². The largest absolute Gasteiger partial charge is 0.316 e. The lowest BCUT2D eigenvalue weighted by molar-refractivity contribution is -0.113. The topological polar surface area (TPSA) is 83.6 Å². The Morgan fingerprint density at radius 2 is 2.03 bits per heavy atom. The first-order chi connectivity index (χ1) is 16.2. The van der Waals surface area contributed by atoms with Gasteiger partial charge in [0.25, 0.3) is 0 Å². The second kappa shape index (κ2) is 9.93. The number of nitriles is 1. The average molecular weight is 494 g/mol. The van der Waals surface area contributed by atoms with Crippen molar-refractivity contribution in [3.63, 3.8) is 0 Å². The number of nitrogens with zero attached hydrogens (tertiary/aromatic N) is 4. The highest BCUT2D eigenvalue weighted by Crippen LogP contribution is 2.44. The number of benzene rings is 1. The van der Waals surface area contributed by atoms with Gasteiger partial charge in [-0.3, -0.25) is 4.79 Å². The summed E-state index contributed by atoms with van der Waals surface area (Å²) in [7, 11) is 0. The molecule has 34 heavy (non-hydrogen) atoms. The Hall–Kier alpha value is -2.63. The molecule has 0 unspecified atom stereocenters. The highest BCUT2D eigenvalue weighted by molar-refractivity contribution is 7.99. The molecule has 0 spiro atoms. The van der Waals surface area contributed by atoms with Crippen molar-refractivity contribution in [2.75, 3.05) is 11.1 Å². The van der Waals surface area contributed by atoms with Gasteiger partial charge in [-0.15, -0.1) is 21.5 Å². The van der Waals surface area contributed by atoms with Crippen LogP contribution in [0, 0.1) is 29.6 Å². The molecule has 0 radical (unpaired) electrons. The van der Waals surface area contributed by atoms with Crippen LogP contribution in [0.25, 0.3) is 11.4 Å². The van der Waals surface area contributed by atoms with Gasteiger partial charge in [0.1, 0.15) is 11.1 Å². The first-order valence-corrected chi connectivity index (χ1v) is 13.5. The van der Waals surface area contributed by atoms with Gasteiger partial charge in [0.15, 0.2) is 11.0 Å². The predicted molar refractivity (Wildman–Crippen MR) is 139 cm³/mol. The number of fused-ring (bicyclic) bond motifs is 1. The summed E-state index contributed by atoms with van der Waals surface area (Å²) in [4.78, 5) is 14.1. The zero-order valence-corrected chi connectivity index (χ0v) is 22.1. The fourth-order valence-electron chi connectivity index (χ4n) is 4.42. The summed E-state index contributed by atoms with van der Waals surface area (Å²) in [5, 5.41) is 22.9. The zero-order chi connectivity index (χ0) is 24.5. The number of hydrogen-bond acceptors (Lipinski definition) is 6. The van der Waals surface area contributed by atoms with Crippen LogP contribution < -0.4 is 5.32 Å². The highest BCUT2D eigenvalue weighted by atomic mass is 32.2. The van der Waals surface area contributed by atoms with Crippen LogP contribution in [0.3, 0.4) is 0 Å². The second-order valence-electron chi connectivity index (χ2n) is 9.88. The number of nitrogens with one attached hydrogen (secondary N) is 1. The first kappa shape index (κ1) is 24.5. The molecule has 1 aromatic carbocycles. The summed E-state index contributed by atoms with van der Waals surface area (Å²) >= 11 is 2.94. The van der Waals surface area contributed by atoms with Crippen LogP contribution in [0.5, 0.6) is 0 Å². The average Bonchev–Trinajstić information content (AvgIpc) is 3.37. The van der Waals surface area contributed by atoms with Crippen LogP contribution in [0.15, 0.2) is 29.4 Å². The Labute approximate surface area is 209 Å². The molecule has 0 aliphatic heterocycles. The van der Waals surface area contributed by atoms with Crippen molar-refractivity contribution >= 4 is 34.0 Å². The SMILES string of the molecule is CCn1c(SCC(=O)Nc2sc3c(c2C#N)CC[C@H](C(C)(C)C)C3)nnc1-c1ccc(C)cc1. The molecule has 3 aromatic rings. The molecular weight excluding hydrogens is 462 g/mol. The Kier molecular flexibility index (Phi) is 7.15. The number of thioether (sulfide) groups is 1. The van der Waals surface area contributed by atoms with Crippen molar-refractivity contribution in [2.45, 2.75) is 65.6 Å². The maximum Gasteiger partial charge on any atom is 0.235 e. The Bertz CT molecular complexity index is 1230. The van der Waals surface area contributed by atoms with Gasteiger partial charge in [-0.1, -0.05) is 62.4 Å². The minimum Gasteiger partial charge on any atom is -0.316 e. The normalized spacial score (nSPS) is 15.6. The van der Waals surface area contributed by atoms with Gasteiger partial charge in [-0.2, -0.15) is 5.26 Å². The summed E-state index contributed by atoms with van der Waals surface area (Å²) in [6.45, 7) is 11.7. The third-order valence-corrected chi connectivity index (χ3v) is 8.67. The molecule has 1 N–H and O–H groups in total. The van der Waals surface area contributed by atoms with E-state index < -0.39 is 0 Å². The molecule has 1 atom stereocenters. The van der Waals surface area contributed by atoms with Gasteiger partial charge < -0.3 is 9.88 Å². The van der Waals surface area contributed by atoms with Gasteiger partial charge in [0, 0.05) is 17.0 Å². The molecule has 0 saturated carbocycles. The van der Waals surface area contributed by atoms with Crippen LogP contribution in [0.2, 0.25) is 0 Å². The van der Waals surface area contributed by atoms with Gasteiger partial charge in [-0.05, 0) is 50.0 Å². The second-order valence-corrected chi connectivity index (χ2v) is 11.9. The van der Waals surface area contributed by atoms with Gasteiger partial charge in [-0.25, -0.2) is 0 Å². The molecule has 2 aromatic heterocycles. The van der Waals surface area contributed by atoms with Crippen molar-refractivity contribution in [1.82, 2.24) is 14.8 Å². The molecule has 0 saturated heterocycles. The molecular formula is C26H31N5OS2. The fourth-order valence-corrected chi connectivity index (χ4v) is 6.52. The highest BCUT2D eigenvalue weighted by Gasteiger charge is 2.32. The van der Waals surface area contributed by atoms with Crippen LogP contribution in [-0.4, -0.2) is 26.4 Å². The molecule has 1 aliphatic carbocycles. The molecule has 0 fully saturated rings. The molecule has 1 aliphatic rings. The molecule has 178 valence electrons. The number of thiophene rings is 1. The number of rotatable bonds is 6. The Morgan fingerprint density at radius 3 is 2.68 bits per heavy atom. The summed E-state index contributed by atoms with van der Waals surface area (Å²) < 4.78 is 2.03. The van der Waals surface area contributed by atoms with Gasteiger partial charge in [0.2, 0.25) is 5.91 Å². The van der Waals surface area contributed by atoms with E-state index in [2.05, 4.69) is 61.4 Å². The van der Waals surface area contributed by atoms with Crippen LogP contribution >= 0.6 is 23.1 Å². The van der Waals surface area contributed by atoms with Gasteiger partial charge >= 0.3 is 0 Å². The van der Waals surface area contributed by atoms with E-state index in [4.69, 9.17) is 0 Å². The van der Waals surface area contributed by atoms with E-state index in [1.54, 1.807) is 11.3 Å². The fraction of sp³-hybridized carbons (Fsp3) is 0.462. The predicted octanol–water partition coefficient (Wildman–Crippen LogP) is 6.09. The van der Waals surface area contributed by atoms with E-state index >= 15 is 0 Å². The lowest BCUT2D eigenvalue weighted by Crippen LogP contribution is -2.26. The standard InChI is InChI=1S/C26H31N5OS2/c1-6-31-23(17-9-7-16(2)8-10-17)29-30-25(31)33-15-22(32)28-24-20(14-27)19-12-11-18(26(3,4)5)13-21(19)34-24/h7-10,18H,6,11-13,15H2,1-5H3,(H,28,32)/t18-/m0/s1. The van der Waals surface area contributed by atoms with E-state index in [0.717, 1.165) is 36.2 Å². The molecule has 1 amide bonds. The minimum atomic E-state index is -0.130. The number of anilines is 1. The summed E-state index contributed by atoms with van der Waals surface area (Å²) in [5.41, 5.74) is 4.21. The maximum absolute atomic E-state index is 12.8. The number of carbonyl (C=O) groups excluding carboxylic acids is 1. The number of hydrogen-bond donors (Lipinski definition) is 1. The van der Waals surface area contributed by atoms with Gasteiger partial charge in [0.05, 0.1) is 11.3 Å². The molecule has 4 rings (SSSR count).